The fraction of sp³-hybridized carbons (Fsp3) is 0.120. The highest BCUT2D eigenvalue weighted by molar-refractivity contribution is 5.99. The molecule has 1 atom stereocenters. The van der Waals surface area contributed by atoms with Crippen molar-refractivity contribution in [2.45, 2.75) is 37.5 Å². The molecule has 0 radical (unpaired) electrons. The largest absolute Gasteiger partial charge is 0.310 e. The van der Waals surface area contributed by atoms with E-state index in [0.717, 1.165) is 18.5 Å². The second-order valence-corrected chi connectivity index (χ2v) is 14.8. The lowest BCUT2D eigenvalue weighted by Crippen LogP contribution is -2.31. The van der Waals surface area contributed by atoms with Gasteiger partial charge in [0.05, 0.1) is 11.1 Å². The number of para-hydroxylation sites is 1. The molecule has 0 spiro atoms. The number of allylic oxidation sites excluding steroid dienone is 4. The van der Waals surface area contributed by atoms with E-state index in [1.807, 2.05) is 0 Å². The average Bonchev–Trinajstić information content (AvgIpc) is 3.61. The van der Waals surface area contributed by atoms with Crippen molar-refractivity contribution < 1.29 is 0 Å². The zero-order chi connectivity index (χ0) is 34.2. The van der Waals surface area contributed by atoms with Crippen molar-refractivity contribution in [2.75, 3.05) is 4.90 Å². The molecule has 7 aromatic carbocycles. The fourth-order valence-corrected chi connectivity index (χ4v) is 9.53. The van der Waals surface area contributed by atoms with Gasteiger partial charge in [0.15, 0.2) is 0 Å². The molecular weight excluding hydrogens is 615 g/mol. The Labute approximate surface area is 300 Å². The molecule has 1 nitrogen and oxygen atoms in total. The van der Waals surface area contributed by atoms with Crippen LogP contribution in [-0.4, -0.2) is 0 Å². The van der Waals surface area contributed by atoms with Crippen molar-refractivity contribution >= 4 is 33.4 Å². The average molecular weight is 654 g/mol. The first-order valence-corrected chi connectivity index (χ1v) is 18.3. The molecule has 0 amide bonds. The summed E-state index contributed by atoms with van der Waals surface area (Å²) in [7, 11) is 0. The highest BCUT2D eigenvalue weighted by atomic mass is 15.1. The zero-order valence-electron chi connectivity index (χ0n) is 29.1. The number of rotatable bonds is 5. The van der Waals surface area contributed by atoms with Gasteiger partial charge in [0.25, 0.3) is 0 Å². The van der Waals surface area contributed by atoms with E-state index in [0.29, 0.717) is 0 Å². The van der Waals surface area contributed by atoms with Gasteiger partial charge in [0.2, 0.25) is 0 Å². The molecule has 51 heavy (non-hydrogen) atoms. The van der Waals surface area contributed by atoms with Crippen LogP contribution in [0.1, 0.15) is 60.1 Å². The predicted molar refractivity (Wildman–Crippen MR) is 214 cm³/mol. The standard InChI is InChI=1S/C50H39N/c1-49(2)46-32-36(50(35-18-5-3-6-19-35)44-25-13-11-23-40(44)41-24-12-14-26-45(41)50)28-30-42(46)43-31-29-38(33-47(43)49)51(37-20-7-4-8-21-37)48-27-15-17-34-16-9-10-22-39(34)48/h3-13,15-25,27-33H,14,26H2,1-2H3. The number of anilines is 3. The van der Waals surface area contributed by atoms with Crippen LogP contribution in [-0.2, 0) is 10.8 Å². The lowest BCUT2D eigenvalue weighted by atomic mass is 9.64. The van der Waals surface area contributed by atoms with E-state index in [2.05, 4.69) is 195 Å². The second kappa shape index (κ2) is 11.3. The normalized spacial score (nSPS) is 17.9. The van der Waals surface area contributed by atoms with Crippen LogP contribution in [0.5, 0.6) is 0 Å². The summed E-state index contributed by atoms with van der Waals surface area (Å²) in [6.07, 6.45) is 6.86. The molecule has 3 aliphatic rings. The molecule has 0 bridgehead atoms. The quantitative estimate of drug-likeness (QED) is 0.179. The Balaban J connectivity index is 1.16. The van der Waals surface area contributed by atoms with Crippen molar-refractivity contribution in [3.63, 3.8) is 0 Å². The van der Waals surface area contributed by atoms with Gasteiger partial charge in [-0.25, -0.2) is 0 Å². The summed E-state index contributed by atoms with van der Waals surface area (Å²) >= 11 is 0. The molecule has 0 aliphatic heterocycles. The molecule has 7 aromatic rings. The van der Waals surface area contributed by atoms with E-state index in [9.17, 15) is 0 Å². The minimum Gasteiger partial charge on any atom is -0.310 e. The first kappa shape index (κ1) is 29.9. The Morgan fingerprint density at radius 3 is 2.04 bits per heavy atom. The second-order valence-electron chi connectivity index (χ2n) is 14.8. The maximum atomic E-state index is 2.56. The minimum absolute atomic E-state index is 0.197. The summed E-state index contributed by atoms with van der Waals surface area (Å²) in [5.74, 6) is 0. The third-order valence-corrected chi connectivity index (χ3v) is 11.8. The first-order chi connectivity index (χ1) is 25.1. The predicted octanol–water partition coefficient (Wildman–Crippen LogP) is 13.1. The van der Waals surface area contributed by atoms with Crippen LogP contribution in [0.2, 0.25) is 0 Å². The molecule has 1 heteroatoms. The van der Waals surface area contributed by atoms with Gasteiger partial charge in [0, 0.05) is 22.2 Å². The maximum absolute atomic E-state index is 2.56. The molecule has 3 aliphatic carbocycles. The SMILES string of the molecule is CC1(C)c2cc(N(c3ccccc3)c3cccc4ccccc34)ccc2-c2ccc(C3(c4ccccc4)C4=C(C=CCC4)c4ccccc43)cc21. The summed E-state index contributed by atoms with van der Waals surface area (Å²) in [4.78, 5) is 2.43. The molecule has 0 saturated heterocycles. The molecule has 0 saturated carbocycles. The Morgan fingerprint density at radius 1 is 0.510 bits per heavy atom. The van der Waals surface area contributed by atoms with Gasteiger partial charge in [-0.3, -0.25) is 0 Å². The van der Waals surface area contributed by atoms with Gasteiger partial charge < -0.3 is 4.90 Å². The maximum Gasteiger partial charge on any atom is 0.0676 e. The third-order valence-electron chi connectivity index (χ3n) is 11.8. The highest BCUT2D eigenvalue weighted by Gasteiger charge is 2.48. The van der Waals surface area contributed by atoms with Gasteiger partial charge in [-0.2, -0.15) is 0 Å². The van der Waals surface area contributed by atoms with E-state index >= 15 is 0 Å². The number of benzene rings is 7. The molecule has 0 N–H and O–H groups in total. The van der Waals surface area contributed by atoms with Crippen LogP contribution in [0.3, 0.4) is 0 Å². The molecule has 1 unspecified atom stereocenters. The van der Waals surface area contributed by atoms with Crippen LogP contribution < -0.4 is 4.90 Å². The van der Waals surface area contributed by atoms with Crippen molar-refractivity contribution in [3.8, 4) is 11.1 Å². The van der Waals surface area contributed by atoms with Gasteiger partial charge in [-0.15, -0.1) is 0 Å². The lowest BCUT2D eigenvalue weighted by Gasteiger charge is -2.37. The number of nitrogens with zero attached hydrogens (tertiary/aromatic N) is 1. The van der Waals surface area contributed by atoms with Gasteiger partial charge in [-0.1, -0.05) is 159 Å². The lowest BCUT2D eigenvalue weighted by molar-refractivity contribution is 0.651. The summed E-state index contributed by atoms with van der Waals surface area (Å²) in [6, 6.07) is 61.0. The number of hydrogen-bond donors (Lipinski definition) is 0. The van der Waals surface area contributed by atoms with Crippen LogP contribution in [0, 0.1) is 0 Å². The molecule has 244 valence electrons. The van der Waals surface area contributed by atoms with Crippen LogP contribution in [0.15, 0.2) is 182 Å². The van der Waals surface area contributed by atoms with Crippen molar-refractivity contribution in [1.82, 2.24) is 0 Å². The monoisotopic (exact) mass is 653 g/mol. The number of fused-ring (bicyclic) bond motifs is 6. The van der Waals surface area contributed by atoms with E-state index in [1.165, 1.54) is 77.8 Å². The zero-order valence-corrected chi connectivity index (χ0v) is 29.1. The molecular formula is C50H39N. The van der Waals surface area contributed by atoms with Crippen molar-refractivity contribution in [2.24, 2.45) is 0 Å². The van der Waals surface area contributed by atoms with E-state index in [4.69, 9.17) is 0 Å². The van der Waals surface area contributed by atoms with Crippen LogP contribution in [0.4, 0.5) is 17.1 Å². The summed E-state index contributed by atoms with van der Waals surface area (Å²) in [5, 5.41) is 2.48. The summed E-state index contributed by atoms with van der Waals surface area (Å²) in [5.41, 5.74) is 16.8. The number of hydrogen-bond acceptors (Lipinski definition) is 1. The third kappa shape index (κ3) is 4.28. The molecule has 10 rings (SSSR count). The molecule has 0 fully saturated rings. The smallest absolute Gasteiger partial charge is 0.0676 e. The van der Waals surface area contributed by atoms with Gasteiger partial charge >= 0.3 is 0 Å². The van der Waals surface area contributed by atoms with Gasteiger partial charge in [-0.05, 0) is 104 Å². The van der Waals surface area contributed by atoms with Crippen LogP contribution >= 0.6 is 0 Å². The topological polar surface area (TPSA) is 3.24 Å². The van der Waals surface area contributed by atoms with E-state index in [-0.39, 0.29) is 10.8 Å². The summed E-state index contributed by atoms with van der Waals surface area (Å²) < 4.78 is 0. The fourth-order valence-electron chi connectivity index (χ4n) is 9.53. The Kier molecular flexibility index (Phi) is 6.64. The van der Waals surface area contributed by atoms with E-state index < -0.39 is 0 Å². The Bertz CT molecular complexity index is 2550. The highest BCUT2D eigenvalue weighted by Crippen LogP contribution is 2.59. The van der Waals surface area contributed by atoms with Crippen molar-refractivity contribution in [3.05, 3.63) is 215 Å². The minimum atomic E-state index is -0.332. The molecule has 0 heterocycles. The van der Waals surface area contributed by atoms with Crippen molar-refractivity contribution in [1.29, 1.82) is 0 Å². The Morgan fingerprint density at radius 2 is 1.20 bits per heavy atom. The molecule has 0 aromatic heterocycles. The van der Waals surface area contributed by atoms with E-state index in [1.54, 1.807) is 0 Å². The summed E-state index contributed by atoms with van der Waals surface area (Å²) in [6.45, 7) is 4.84. The Hall–Kier alpha value is -5.92. The van der Waals surface area contributed by atoms with Gasteiger partial charge in [0.1, 0.15) is 0 Å². The first-order valence-electron chi connectivity index (χ1n) is 18.3. The van der Waals surface area contributed by atoms with Crippen LogP contribution in [0.25, 0.3) is 27.5 Å².